The van der Waals surface area contributed by atoms with Gasteiger partial charge >= 0.3 is 6.09 Å². The molecule has 4 nitrogen and oxygen atoms in total. The number of allylic oxidation sites excluding steroid dienone is 2. The molecule has 1 amide bonds. The lowest BCUT2D eigenvalue weighted by Gasteiger charge is -2.19. The second-order valence-corrected chi connectivity index (χ2v) is 2.80. The Morgan fingerprint density at radius 3 is 2.75 bits per heavy atom. The molecule has 0 unspecified atom stereocenters. The van der Waals surface area contributed by atoms with E-state index >= 15 is 0 Å². The van der Waals surface area contributed by atoms with Crippen LogP contribution in [0.1, 0.15) is 19.3 Å². The maximum absolute atomic E-state index is 10.9. The van der Waals surface area contributed by atoms with Crippen molar-refractivity contribution >= 4 is 11.9 Å². The highest BCUT2D eigenvalue weighted by atomic mass is 16.4. The van der Waals surface area contributed by atoms with Gasteiger partial charge in [-0.25, -0.2) is 4.79 Å². The first kappa shape index (κ1) is 8.77. The minimum absolute atomic E-state index is 0.0179. The average Bonchev–Trinajstić information content (AvgIpc) is 2.03. The maximum atomic E-state index is 10.9. The molecule has 0 bridgehead atoms. The molecule has 0 aromatic rings. The molecular formula is C8H11NO3. The number of carboxylic acid groups (broad SMARTS) is 1. The van der Waals surface area contributed by atoms with Crippen LogP contribution in [-0.2, 0) is 4.79 Å². The van der Waals surface area contributed by atoms with Gasteiger partial charge in [-0.05, 0) is 12.8 Å². The molecular weight excluding hydrogens is 158 g/mol. The number of hydrogen-bond donors (Lipinski definition) is 1. The monoisotopic (exact) mass is 169 g/mol. The number of amides is 1. The van der Waals surface area contributed by atoms with E-state index in [0.717, 1.165) is 11.3 Å². The predicted molar refractivity (Wildman–Crippen MR) is 42.7 cm³/mol. The lowest BCUT2D eigenvalue weighted by atomic mass is 10.0. The van der Waals surface area contributed by atoms with Crippen LogP contribution in [0.25, 0.3) is 0 Å². The van der Waals surface area contributed by atoms with Gasteiger partial charge in [0, 0.05) is 25.2 Å². The minimum Gasteiger partial charge on any atom is -0.465 e. The largest absolute Gasteiger partial charge is 0.465 e. The highest BCUT2D eigenvalue weighted by molar-refractivity contribution is 5.91. The number of rotatable bonds is 1. The second kappa shape index (κ2) is 3.38. The first-order chi connectivity index (χ1) is 5.61. The fraction of sp³-hybridized carbons (Fsp3) is 0.500. The zero-order chi connectivity index (χ0) is 9.14. The van der Waals surface area contributed by atoms with Gasteiger partial charge in [-0.2, -0.15) is 0 Å². The van der Waals surface area contributed by atoms with Crippen molar-refractivity contribution < 1.29 is 14.7 Å². The van der Waals surface area contributed by atoms with Crippen LogP contribution in [0.2, 0.25) is 0 Å². The Bertz CT molecular complexity index is 245. The first-order valence-corrected chi connectivity index (χ1v) is 3.81. The molecule has 0 aromatic carbocycles. The molecule has 1 N–H and O–H groups in total. The highest BCUT2D eigenvalue weighted by Gasteiger charge is 2.16. The van der Waals surface area contributed by atoms with Crippen LogP contribution < -0.4 is 0 Å². The average molecular weight is 169 g/mol. The van der Waals surface area contributed by atoms with Crippen LogP contribution in [0.15, 0.2) is 11.8 Å². The third-order valence-corrected chi connectivity index (χ3v) is 1.90. The Labute approximate surface area is 70.5 Å². The molecule has 0 spiro atoms. The summed E-state index contributed by atoms with van der Waals surface area (Å²) in [5.41, 5.74) is 0.596. The highest BCUT2D eigenvalue weighted by Crippen LogP contribution is 2.17. The standard InChI is InChI=1S/C8H11NO3/c1-9(8(11)12)6-3-2-4-7(10)5-6/h5H,2-4H2,1H3,(H,11,12). The number of hydrogen-bond acceptors (Lipinski definition) is 2. The van der Waals surface area contributed by atoms with Gasteiger partial charge in [-0.15, -0.1) is 0 Å². The van der Waals surface area contributed by atoms with Crippen molar-refractivity contribution in [1.29, 1.82) is 0 Å². The SMILES string of the molecule is CN(C(=O)O)C1=CC(=O)CCC1. The summed E-state index contributed by atoms with van der Waals surface area (Å²) in [6.45, 7) is 0. The minimum atomic E-state index is -1.02. The molecule has 0 radical (unpaired) electrons. The molecule has 0 atom stereocenters. The van der Waals surface area contributed by atoms with Crippen molar-refractivity contribution in [1.82, 2.24) is 4.90 Å². The molecule has 1 rings (SSSR count). The van der Waals surface area contributed by atoms with Gasteiger partial charge in [0.1, 0.15) is 0 Å². The van der Waals surface area contributed by atoms with Gasteiger partial charge in [0.2, 0.25) is 0 Å². The van der Waals surface area contributed by atoms with E-state index in [1.807, 2.05) is 0 Å². The Morgan fingerprint density at radius 2 is 2.25 bits per heavy atom. The Kier molecular flexibility index (Phi) is 2.47. The van der Waals surface area contributed by atoms with Crippen LogP contribution in [0.4, 0.5) is 4.79 Å². The lowest BCUT2D eigenvalue weighted by Crippen LogP contribution is -2.26. The third-order valence-electron chi connectivity index (χ3n) is 1.90. The van der Waals surface area contributed by atoms with Gasteiger partial charge in [-0.1, -0.05) is 0 Å². The second-order valence-electron chi connectivity index (χ2n) is 2.80. The van der Waals surface area contributed by atoms with E-state index in [1.54, 1.807) is 0 Å². The normalized spacial score (nSPS) is 17.1. The van der Waals surface area contributed by atoms with Crippen LogP contribution in [0, 0.1) is 0 Å². The summed E-state index contributed by atoms with van der Waals surface area (Å²) in [5.74, 6) is 0.0179. The smallest absolute Gasteiger partial charge is 0.411 e. The van der Waals surface area contributed by atoms with Gasteiger partial charge in [0.25, 0.3) is 0 Å². The van der Waals surface area contributed by atoms with Crippen molar-refractivity contribution in [3.63, 3.8) is 0 Å². The van der Waals surface area contributed by atoms with E-state index in [1.165, 1.54) is 13.1 Å². The molecule has 4 heteroatoms. The van der Waals surface area contributed by atoms with Crippen LogP contribution in [0.5, 0.6) is 0 Å². The molecule has 0 aromatic heterocycles. The summed E-state index contributed by atoms with van der Waals surface area (Å²) >= 11 is 0. The van der Waals surface area contributed by atoms with E-state index in [4.69, 9.17) is 5.11 Å². The van der Waals surface area contributed by atoms with Crippen LogP contribution >= 0.6 is 0 Å². The maximum Gasteiger partial charge on any atom is 0.411 e. The van der Waals surface area contributed by atoms with E-state index in [2.05, 4.69) is 0 Å². The topological polar surface area (TPSA) is 57.6 Å². The Hall–Kier alpha value is -1.32. The third kappa shape index (κ3) is 1.84. The van der Waals surface area contributed by atoms with Gasteiger partial charge in [0.15, 0.2) is 5.78 Å². The van der Waals surface area contributed by atoms with E-state index in [-0.39, 0.29) is 5.78 Å². The molecule has 0 fully saturated rings. The first-order valence-electron chi connectivity index (χ1n) is 3.81. The zero-order valence-electron chi connectivity index (χ0n) is 6.91. The van der Waals surface area contributed by atoms with E-state index in [9.17, 15) is 9.59 Å². The summed E-state index contributed by atoms with van der Waals surface area (Å²) in [4.78, 5) is 22.5. The summed E-state index contributed by atoms with van der Waals surface area (Å²) in [6.07, 6.45) is 2.36. The van der Waals surface area contributed by atoms with Gasteiger partial charge < -0.3 is 5.11 Å². The summed E-state index contributed by atoms with van der Waals surface area (Å²) < 4.78 is 0. The van der Waals surface area contributed by atoms with Crippen molar-refractivity contribution in [3.05, 3.63) is 11.8 Å². The zero-order valence-corrected chi connectivity index (χ0v) is 6.91. The molecule has 0 saturated heterocycles. The molecule has 0 heterocycles. The van der Waals surface area contributed by atoms with Crippen molar-refractivity contribution in [3.8, 4) is 0 Å². The number of nitrogens with zero attached hydrogens (tertiary/aromatic N) is 1. The fourth-order valence-electron chi connectivity index (χ4n) is 1.16. The predicted octanol–water partition coefficient (Wildman–Crippen LogP) is 1.23. The number of carbonyl (C=O) groups excluding carboxylic acids is 1. The molecule has 1 aliphatic rings. The lowest BCUT2D eigenvalue weighted by molar-refractivity contribution is -0.115. The molecule has 66 valence electrons. The molecule has 0 aliphatic heterocycles. The van der Waals surface area contributed by atoms with Gasteiger partial charge in [-0.3, -0.25) is 9.69 Å². The van der Waals surface area contributed by atoms with Crippen molar-refractivity contribution in [2.75, 3.05) is 7.05 Å². The summed E-state index contributed by atoms with van der Waals surface area (Å²) in [7, 11) is 1.45. The van der Waals surface area contributed by atoms with Crippen LogP contribution in [0.3, 0.4) is 0 Å². The fourth-order valence-corrected chi connectivity index (χ4v) is 1.16. The molecule has 1 aliphatic carbocycles. The molecule has 12 heavy (non-hydrogen) atoms. The van der Waals surface area contributed by atoms with Crippen LogP contribution in [-0.4, -0.2) is 28.9 Å². The number of ketones is 1. The summed E-state index contributed by atoms with van der Waals surface area (Å²) in [6, 6.07) is 0. The van der Waals surface area contributed by atoms with Gasteiger partial charge in [0.05, 0.1) is 0 Å². The van der Waals surface area contributed by atoms with Crippen molar-refractivity contribution in [2.24, 2.45) is 0 Å². The van der Waals surface area contributed by atoms with E-state index in [0.29, 0.717) is 18.5 Å². The quantitative estimate of drug-likeness (QED) is 0.642. The molecule has 0 saturated carbocycles. The number of carbonyl (C=O) groups is 2. The summed E-state index contributed by atoms with van der Waals surface area (Å²) in [5, 5.41) is 8.59. The van der Waals surface area contributed by atoms with Crippen molar-refractivity contribution in [2.45, 2.75) is 19.3 Å². The Morgan fingerprint density at radius 1 is 1.58 bits per heavy atom. The Balaban J connectivity index is 2.73. The van der Waals surface area contributed by atoms with E-state index < -0.39 is 6.09 Å².